The van der Waals surface area contributed by atoms with E-state index in [1.807, 2.05) is 29.2 Å². The van der Waals surface area contributed by atoms with Gasteiger partial charge in [0.1, 0.15) is 0 Å². The van der Waals surface area contributed by atoms with Gasteiger partial charge in [-0.05, 0) is 55.5 Å². The fourth-order valence-corrected chi connectivity index (χ4v) is 3.40. The fraction of sp³-hybridized carbons (Fsp3) is 0.350. The van der Waals surface area contributed by atoms with E-state index in [1.165, 1.54) is 16.7 Å². The predicted molar refractivity (Wildman–Crippen MR) is 101 cm³/mol. The van der Waals surface area contributed by atoms with E-state index in [1.54, 1.807) is 0 Å². The van der Waals surface area contributed by atoms with Crippen LogP contribution in [0.15, 0.2) is 42.5 Å². The Morgan fingerprint density at radius 3 is 2.54 bits per heavy atom. The summed E-state index contributed by atoms with van der Waals surface area (Å²) in [6.45, 7) is 5.57. The Bertz CT molecular complexity index is 712. The largest absolute Gasteiger partial charge is 0.332 e. The first-order chi connectivity index (χ1) is 11.1. The number of halogens is 1. The molecule has 1 saturated heterocycles. The van der Waals surface area contributed by atoms with E-state index < -0.39 is 0 Å². The lowest BCUT2D eigenvalue weighted by Crippen LogP contribution is -2.31. The highest BCUT2D eigenvalue weighted by Gasteiger charge is 2.31. The molecule has 128 valence electrons. The third-order valence-corrected chi connectivity index (χ3v) is 4.74. The number of likely N-dealkylation sites (tertiary alicyclic amines) is 1. The van der Waals surface area contributed by atoms with Crippen molar-refractivity contribution in [2.45, 2.75) is 39.3 Å². The van der Waals surface area contributed by atoms with Crippen molar-refractivity contribution in [1.82, 2.24) is 4.90 Å². The van der Waals surface area contributed by atoms with Crippen LogP contribution < -0.4 is 5.73 Å². The zero-order chi connectivity index (χ0) is 16.4. The highest BCUT2D eigenvalue weighted by molar-refractivity contribution is 5.94. The first-order valence-corrected chi connectivity index (χ1v) is 8.27. The van der Waals surface area contributed by atoms with Gasteiger partial charge in [-0.1, -0.05) is 35.9 Å². The van der Waals surface area contributed by atoms with Gasteiger partial charge >= 0.3 is 0 Å². The lowest BCUT2D eigenvalue weighted by atomic mass is 9.97. The monoisotopic (exact) mass is 344 g/mol. The number of nitrogens with zero attached hydrogens (tertiary/aromatic N) is 1. The summed E-state index contributed by atoms with van der Waals surface area (Å²) in [6, 6.07) is 14.4. The van der Waals surface area contributed by atoms with Gasteiger partial charge < -0.3 is 10.6 Å². The lowest BCUT2D eigenvalue weighted by molar-refractivity contribution is 0.0735. The molecule has 0 aliphatic carbocycles. The van der Waals surface area contributed by atoms with Crippen molar-refractivity contribution >= 4 is 18.3 Å². The molecule has 3 rings (SSSR count). The topological polar surface area (TPSA) is 46.3 Å². The van der Waals surface area contributed by atoms with Crippen LogP contribution in [0.25, 0.3) is 0 Å². The summed E-state index contributed by atoms with van der Waals surface area (Å²) in [5.41, 5.74) is 11.2. The summed E-state index contributed by atoms with van der Waals surface area (Å²) in [6.07, 6.45) is 2.10. The van der Waals surface area contributed by atoms with Gasteiger partial charge in [0, 0.05) is 18.7 Å². The van der Waals surface area contributed by atoms with Crippen molar-refractivity contribution in [3.63, 3.8) is 0 Å². The van der Waals surface area contributed by atoms with Gasteiger partial charge in [0.25, 0.3) is 5.91 Å². The molecule has 2 aromatic rings. The average Bonchev–Trinajstić information content (AvgIpc) is 3.06. The molecule has 3 nitrogen and oxygen atoms in total. The number of rotatable bonds is 3. The number of aryl methyl sites for hydroxylation is 2. The van der Waals surface area contributed by atoms with Crippen molar-refractivity contribution in [1.29, 1.82) is 0 Å². The van der Waals surface area contributed by atoms with Gasteiger partial charge in [0.2, 0.25) is 0 Å². The van der Waals surface area contributed by atoms with E-state index >= 15 is 0 Å². The highest BCUT2D eigenvalue weighted by Crippen LogP contribution is 2.35. The normalized spacial score (nSPS) is 16.8. The number of hydrogen-bond donors (Lipinski definition) is 1. The number of amides is 1. The van der Waals surface area contributed by atoms with E-state index in [9.17, 15) is 4.79 Å². The molecule has 2 N–H and O–H groups in total. The summed E-state index contributed by atoms with van der Waals surface area (Å²) in [4.78, 5) is 14.9. The molecule has 0 saturated carbocycles. The van der Waals surface area contributed by atoms with Gasteiger partial charge in [0.15, 0.2) is 0 Å². The Hall–Kier alpha value is -1.84. The van der Waals surface area contributed by atoms with Crippen molar-refractivity contribution < 1.29 is 4.79 Å². The van der Waals surface area contributed by atoms with E-state index in [0.29, 0.717) is 6.54 Å². The van der Waals surface area contributed by atoms with E-state index in [2.05, 4.69) is 32.0 Å². The minimum Gasteiger partial charge on any atom is -0.332 e. The van der Waals surface area contributed by atoms with Crippen LogP contribution in [0, 0.1) is 13.8 Å². The minimum absolute atomic E-state index is 0. The molecular weight excluding hydrogens is 320 g/mol. The number of nitrogens with two attached hydrogens (primary N) is 1. The zero-order valence-electron chi connectivity index (χ0n) is 14.3. The number of hydrogen-bond acceptors (Lipinski definition) is 2. The molecule has 1 aliphatic rings. The lowest BCUT2D eigenvalue weighted by Gasteiger charge is -2.27. The Balaban J connectivity index is 0.00000208. The molecule has 1 atom stereocenters. The maximum atomic E-state index is 12.9. The summed E-state index contributed by atoms with van der Waals surface area (Å²) >= 11 is 0. The minimum atomic E-state index is 0. The van der Waals surface area contributed by atoms with Crippen LogP contribution in [0.5, 0.6) is 0 Å². The standard InChI is InChI=1S/C20H24N2O.ClH/c1-14-5-6-15(2)18(12-14)19-4-3-11-22(19)20(23)17-9-7-16(13-21)8-10-17;/h5-10,12,19H,3-4,11,13,21H2,1-2H3;1H. The SMILES string of the molecule is Cc1ccc(C)c(C2CCCN2C(=O)c2ccc(CN)cc2)c1.Cl. The van der Waals surface area contributed by atoms with Crippen molar-refractivity contribution in [3.05, 3.63) is 70.3 Å². The van der Waals surface area contributed by atoms with Crippen LogP contribution >= 0.6 is 12.4 Å². The number of carbonyl (C=O) groups excluding carboxylic acids is 1. The quantitative estimate of drug-likeness (QED) is 0.908. The van der Waals surface area contributed by atoms with Gasteiger partial charge in [-0.3, -0.25) is 4.79 Å². The van der Waals surface area contributed by atoms with Crippen LogP contribution in [0.2, 0.25) is 0 Å². The predicted octanol–water partition coefficient (Wildman–Crippen LogP) is 4.16. The van der Waals surface area contributed by atoms with Gasteiger partial charge in [0.05, 0.1) is 6.04 Å². The van der Waals surface area contributed by atoms with E-state index in [-0.39, 0.29) is 24.4 Å². The second-order valence-corrected chi connectivity index (χ2v) is 6.42. The maximum absolute atomic E-state index is 12.9. The molecule has 1 amide bonds. The summed E-state index contributed by atoms with van der Waals surface area (Å²) < 4.78 is 0. The fourth-order valence-electron chi connectivity index (χ4n) is 3.40. The molecule has 1 unspecified atom stereocenters. The van der Waals surface area contributed by atoms with Gasteiger partial charge in [-0.2, -0.15) is 0 Å². The third kappa shape index (κ3) is 3.63. The molecule has 1 aliphatic heterocycles. The average molecular weight is 345 g/mol. The van der Waals surface area contributed by atoms with E-state index in [0.717, 1.165) is 30.5 Å². The summed E-state index contributed by atoms with van der Waals surface area (Å²) in [7, 11) is 0. The van der Waals surface area contributed by atoms with Gasteiger partial charge in [-0.25, -0.2) is 0 Å². The molecule has 0 spiro atoms. The molecule has 0 radical (unpaired) electrons. The van der Waals surface area contributed by atoms with Crippen molar-refractivity contribution in [3.8, 4) is 0 Å². The Morgan fingerprint density at radius 1 is 1.17 bits per heavy atom. The zero-order valence-corrected chi connectivity index (χ0v) is 15.1. The molecule has 1 heterocycles. The molecule has 24 heavy (non-hydrogen) atoms. The Kier molecular flexibility index (Phi) is 6.03. The van der Waals surface area contributed by atoms with Crippen molar-refractivity contribution in [2.24, 2.45) is 5.73 Å². The first-order valence-electron chi connectivity index (χ1n) is 8.27. The second kappa shape index (κ2) is 7.82. The Morgan fingerprint density at radius 2 is 1.88 bits per heavy atom. The molecule has 0 aromatic heterocycles. The van der Waals surface area contributed by atoms with E-state index in [4.69, 9.17) is 5.73 Å². The maximum Gasteiger partial charge on any atom is 0.254 e. The van der Waals surface area contributed by atoms with Crippen LogP contribution in [0.3, 0.4) is 0 Å². The Labute approximate surface area is 150 Å². The third-order valence-electron chi connectivity index (χ3n) is 4.74. The molecule has 1 fully saturated rings. The smallest absolute Gasteiger partial charge is 0.254 e. The van der Waals surface area contributed by atoms with Gasteiger partial charge in [-0.15, -0.1) is 12.4 Å². The summed E-state index contributed by atoms with van der Waals surface area (Å²) in [5, 5.41) is 0. The van der Waals surface area contributed by atoms with Crippen LogP contribution in [0.4, 0.5) is 0 Å². The molecular formula is C20H25ClN2O. The highest BCUT2D eigenvalue weighted by atomic mass is 35.5. The number of carbonyl (C=O) groups is 1. The molecule has 0 bridgehead atoms. The molecule has 2 aromatic carbocycles. The van der Waals surface area contributed by atoms with Crippen LogP contribution in [0.1, 0.15) is 51.5 Å². The molecule has 4 heteroatoms. The van der Waals surface area contributed by atoms with Crippen LogP contribution in [-0.4, -0.2) is 17.4 Å². The van der Waals surface area contributed by atoms with Crippen molar-refractivity contribution in [2.75, 3.05) is 6.54 Å². The number of benzene rings is 2. The first kappa shape index (κ1) is 18.5. The second-order valence-electron chi connectivity index (χ2n) is 6.42. The summed E-state index contributed by atoms with van der Waals surface area (Å²) in [5.74, 6) is 0.122. The van der Waals surface area contributed by atoms with Crippen LogP contribution in [-0.2, 0) is 6.54 Å².